The molecule has 3 nitrogen and oxygen atoms in total. The van der Waals surface area contributed by atoms with Crippen LogP contribution in [0.4, 0.5) is 18.9 Å². The number of halogens is 3. The number of rotatable bonds is 4. The number of nitrogens with zero attached hydrogens (tertiary/aromatic N) is 2. The van der Waals surface area contributed by atoms with Crippen LogP contribution in [0.25, 0.3) is 0 Å². The lowest BCUT2D eigenvalue weighted by molar-refractivity contribution is -0.137. The predicted molar refractivity (Wildman–Crippen MR) is 87.3 cm³/mol. The van der Waals surface area contributed by atoms with Crippen LogP contribution in [0.15, 0.2) is 29.6 Å². The zero-order chi connectivity index (χ0) is 17.5. The Labute approximate surface area is 142 Å². The molecule has 128 valence electrons. The van der Waals surface area contributed by atoms with Gasteiger partial charge in [-0.15, -0.1) is 11.3 Å². The van der Waals surface area contributed by atoms with Gasteiger partial charge >= 0.3 is 6.18 Å². The van der Waals surface area contributed by atoms with Gasteiger partial charge in [0.05, 0.1) is 10.6 Å². The number of anilines is 1. The molecule has 0 bridgehead atoms. The molecule has 0 spiro atoms. The maximum Gasteiger partial charge on any atom is 0.416 e. The van der Waals surface area contributed by atoms with Gasteiger partial charge in [-0.3, -0.25) is 4.79 Å². The van der Waals surface area contributed by atoms with Gasteiger partial charge < -0.3 is 4.90 Å². The average Bonchev–Trinajstić information content (AvgIpc) is 3.28. The highest BCUT2D eigenvalue weighted by atomic mass is 32.1. The van der Waals surface area contributed by atoms with E-state index >= 15 is 0 Å². The predicted octanol–water partition coefficient (Wildman–Crippen LogP) is 4.92. The maximum atomic E-state index is 13.0. The van der Waals surface area contributed by atoms with Crippen LogP contribution in [-0.2, 0) is 6.18 Å². The molecule has 1 fully saturated rings. The van der Waals surface area contributed by atoms with Crippen LogP contribution in [0.5, 0.6) is 0 Å². The zero-order valence-electron chi connectivity index (χ0n) is 13.3. The molecule has 1 atom stereocenters. The Bertz CT molecular complexity index is 752. The van der Waals surface area contributed by atoms with Crippen molar-refractivity contribution in [3.05, 3.63) is 45.9 Å². The third-order valence-electron chi connectivity index (χ3n) is 4.22. The summed E-state index contributed by atoms with van der Waals surface area (Å²) in [5, 5.41) is 2.40. The molecule has 0 radical (unpaired) electrons. The third-order valence-corrected chi connectivity index (χ3v) is 4.99. The fourth-order valence-corrected chi connectivity index (χ4v) is 3.33. The minimum atomic E-state index is -4.44. The molecule has 0 saturated heterocycles. The van der Waals surface area contributed by atoms with Crippen molar-refractivity contribution < 1.29 is 18.0 Å². The number of aromatic nitrogens is 1. The Kier molecular flexibility index (Phi) is 4.38. The van der Waals surface area contributed by atoms with Crippen LogP contribution in [-0.4, -0.2) is 16.9 Å². The Morgan fingerprint density at radius 2 is 2.08 bits per heavy atom. The molecule has 0 N–H and O–H groups in total. The lowest BCUT2D eigenvalue weighted by Gasteiger charge is -2.29. The summed E-state index contributed by atoms with van der Waals surface area (Å²) in [7, 11) is 0. The molecular weight excluding hydrogens is 337 g/mol. The topological polar surface area (TPSA) is 33.2 Å². The van der Waals surface area contributed by atoms with Gasteiger partial charge in [-0.2, -0.15) is 13.2 Å². The Morgan fingerprint density at radius 3 is 2.62 bits per heavy atom. The molecule has 1 aliphatic carbocycles. The molecule has 1 amide bonds. The third kappa shape index (κ3) is 3.45. The minimum absolute atomic E-state index is 0.164. The molecule has 1 heterocycles. The van der Waals surface area contributed by atoms with Gasteiger partial charge in [-0.25, -0.2) is 4.98 Å². The van der Waals surface area contributed by atoms with Crippen LogP contribution in [0.3, 0.4) is 0 Å². The van der Waals surface area contributed by atoms with Gasteiger partial charge in [0.25, 0.3) is 5.91 Å². The maximum absolute atomic E-state index is 13.0. The first-order valence-corrected chi connectivity index (χ1v) is 8.58. The molecule has 24 heavy (non-hydrogen) atoms. The van der Waals surface area contributed by atoms with Crippen LogP contribution in [0.2, 0.25) is 0 Å². The lowest BCUT2D eigenvalue weighted by atomic mass is 10.1. The number of alkyl halides is 3. The van der Waals surface area contributed by atoms with E-state index in [-0.39, 0.29) is 23.3 Å². The highest BCUT2D eigenvalue weighted by Gasteiger charge is 2.37. The van der Waals surface area contributed by atoms with E-state index in [9.17, 15) is 18.0 Å². The van der Waals surface area contributed by atoms with Crippen molar-refractivity contribution in [2.75, 3.05) is 4.90 Å². The van der Waals surface area contributed by atoms with Gasteiger partial charge in [0.15, 0.2) is 0 Å². The van der Waals surface area contributed by atoms with Gasteiger partial charge in [-0.05, 0) is 50.8 Å². The molecule has 2 aromatic rings. The first kappa shape index (κ1) is 17.0. The smallest absolute Gasteiger partial charge is 0.304 e. The second-order valence-electron chi connectivity index (χ2n) is 6.05. The van der Waals surface area contributed by atoms with Crippen LogP contribution >= 0.6 is 11.3 Å². The number of thiazole rings is 1. The summed E-state index contributed by atoms with van der Waals surface area (Å²) in [6, 6.07) is 4.77. The molecule has 1 aromatic heterocycles. The van der Waals surface area contributed by atoms with Crippen molar-refractivity contribution >= 4 is 22.9 Å². The summed E-state index contributed by atoms with van der Waals surface area (Å²) in [5.41, 5.74) is -0.211. The minimum Gasteiger partial charge on any atom is -0.304 e. The number of hydrogen-bond acceptors (Lipinski definition) is 3. The highest BCUT2D eigenvalue weighted by Crippen LogP contribution is 2.39. The van der Waals surface area contributed by atoms with E-state index in [1.807, 2.05) is 6.92 Å². The zero-order valence-corrected chi connectivity index (χ0v) is 14.1. The van der Waals surface area contributed by atoms with E-state index in [0.29, 0.717) is 5.92 Å². The SMILES string of the molecule is Cc1nc(C(=O)N(c2cccc(C(F)(F)F)c2)[C@@H](C)C2CC2)cs1. The Hall–Kier alpha value is -1.89. The quantitative estimate of drug-likeness (QED) is 0.781. The van der Waals surface area contributed by atoms with Gasteiger partial charge in [-0.1, -0.05) is 6.07 Å². The standard InChI is InChI=1S/C17H17F3N2OS/c1-10(12-6-7-12)22(16(23)15-9-24-11(2)21-15)14-5-3-4-13(8-14)17(18,19)20/h3-5,8-10,12H,6-7H2,1-2H3/t10-/m0/s1. The average molecular weight is 354 g/mol. The van der Waals surface area contributed by atoms with Crippen LogP contribution < -0.4 is 4.90 Å². The van der Waals surface area contributed by atoms with Crippen molar-refractivity contribution in [1.82, 2.24) is 4.98 Å². The summed E-state index contributed by atoms with van der Waals surface area (Å²) in [6.07, 6.45) is -2.47. The Morgan fingerprint density at radius 1 is 1.38 bits per heavy atom. The molecule has 1 aromatic carbocycles. The number of amides is 1. The van der Waals surface area contributed by atoms with Crippen LogP contribution in [0, 0.1) is 12.8 Å². The summed E-state index contributed by atoms with van der Waals surface area (Å²) < 4.78 is 39.0. The molecule has 1 aliphatic rings. The molecule has 1 saturated carbocycles. The first-order valence-electron chi connectivity index (χ1n) is 7.70. The largest absolute Gasteiger partial charge is 0.416 e. The van der Waals surface area contributed by atoms with E-state index < -0.39 is 11.7 Å². The van der Waals surface area contributed by atoms with Gasteiger partial charge in [0.2, 0.25) is 0 Å². The normalized spacial score (nSPS) is 16.0. The van der Waals surface area contributed by atoms with E-state index in [1.165, 1.54) is 22.3 Å². The fraction of sp³-hybridized carbons (Fsp3) is 0.412. The number of aryl methyl sites for hydroxylation is 1. The monoisotopic (exact) mass is 354 g/mol. The first-order chi connectivity index (χ1) is 11.3. The van der Waals surface area contributed by atoms with Gasteiger partial charge in [0, 0.05) is 17.1 Å². The van der Waals surface area contributed by atoms with Crippen LogP contribution in [0.1, 0.15) is 40.8 Å². The van der Waals surface area contributed by atoms with Crippen molar-refractivity contribution in [1.29, 1.82) is 0 Å². The number of hydrogen-bond donors (Lipinski definition) is 0. The van der Waals surface area contributed by atoms with E-state index in [4.69, 9.17) is 0 Å². The summed E-state index contributed by atoms with van der Waals surface area (Å²) in [5.74, 6) is -0.0266. The highest BCUT2D eigenvalue weighted by molar-refractivity contribution is 7.09. The van der Waals surface area contributed by atoms with E-state index in [1.54, 1.807) is 18.4 Å². The van der Waals surface area contributed by atoms with Gasteiger partial charge in [0.1, 0.15) is 5.69 Å². The Balaban J connectivity index is 2.00. The van der Waals surface area contributed by atoms with Crippen molar-refractivity contribution in [2.45, 2.75) is 38.9 Å². The van der Waals surface area contributed by atoms with Crippen molar-refractivity contribution in [2.24, 2.45) is 5.92 Å². The second-order valence-corrected chi connectivity index (χ2v) is 7.12. The van der Waals surface area contributed by atoms with Crippen molar-refractivity contribution in [3.63, 3.8) is 0 Å². The molecule has 0 aliphatic heterocycles. The molecule has 7 heteroatoms. The van der Waals surface area contributed by atoms with E-state index in [2.05, 4.69) is 4.98 Å². The number of carbonyl (C=O) groups excluding carboxylic acids is 1. The molecular formula is C17H17F3N2OS. The summed E-state index contributed by atoms with van der Waals surface area (Å²) >= 11 is 1.35. The van der Waals surface area contributed by atoms with E-state index in [0.717, 1.165) is 30.0 Å². The molecule has 0 unspecified atom stereocenters. The fourth-order valence-electron chi connectivity index (χ4n) is 2.74. The number of carbonyl (C=O) groups is 1. The lowest BCUT2D eigenvalue weighted by Crippen LogP contribution is -2.40. The second kappa shape index (κ2) is 6.20. The summed E-state index contributed by atoms with van der Waals surface area (Å²) in [6.45, 7) is 3.68. The molecule has 3 rings (SSSR count). The van der Waals surface area contributed by atoms with Crippen molar-refractivity contribution in [3.8, 4) is 0 Å². The number of benzene rings is 1. The summed E-state index contributed by atoms with van der Waals surface area (Å²) in [4.78, 5) is 18.5.